The van der Waals surface area contributed by atoms with Crippen LogP contribution < -0.4 is 20.1 Å². The summed E-state index contributed by atoms with van der Waals surface area (Å²) >= 11 is 0. The molecule has 32 heavy (non-hydrogen) atoms. The van der Waals surface area contributed by atoms with Gasteiger partial charge in [0.05, 0.1) is 26.2 Å². The van der Waals surface area contributed by atoms with Crippen molar-refractivity contribution in [3.63, 3.8) is 0 Å². The highest BCUT2D eigenvalue weighted by molar-refractivity contribution is 6.04. The molecule has 1 atom stereocenters. The minimum Gasteiger partial charge on any atom is -0.493 e. The quantitative estimate of drug-likeness (QED) is 0.435. The van der Waals surface area contributed by atoms with Gasteiger partial charge in [-0.1, -0.05) is 18.2 Å². The molecular formula is C22H24N4O6. The Balaban J connectivity index is 1.46. The summed E-state index contributed by atoms with van der Waals surface area (Å²) in [5, 5.41) is 12.7. The van der Waals surface area contributed by atoms with Gasteiger partial charge in [-0.05, 0) is 25.1 Å². The summed E-state index contributed by atoms with van der Waals surface area (Å²) < 4.78 is 15.5. The number of methoxy groups -OCH3 is 2. The Morgan fingerprint density at radius 3 is 2.56 bits per heavy atom. The van der Waals surface area contributed by atoms with Crippen molar-refractivity contribution in [2.45, 2.75) is 19.4 Å². The zero-order valence-electron chi connectivity index (χ0n) is 17.9. The third kappa shape index (κ3) is 5.34. The number of nitrogens with zero attached hydrogens (tertiary/aromatic N) is 1. The van der Waals surface area contributed by atoms with Gasteiger partial charge in [0, 0.05) is 23.7 Å². The van der Waals surface area contributed by atoms with Gasteiger partial charge < -0.3 is 24.8 Å². The molecule has 0 saturated carbocycles. The van der Waals surface area contributed by atoms with E-state index in [-0.39, 0.29) is 18.7 Å². The molecule has 0 saturated heterocycles. The molecule has 1 unspecified atom stereocenters. The highest BCUT2D eigenvalue weighted by Crippen LogP contribution is 2.29. The number of esters is 1. The van der Waals surface area contributed by atoms with E-state index in [1.165, 1.54) is 21.1 Å². The molecule has 0 bridgehead atoms. The molecule has 2 aromatic carbocycles. The minimum atomic E-state index is -1.03. The van der Waals surface area contributed by atoms with Crippen LogP contribution in [0.15, 0.2) is 42.5 Å². The molecule has 0 fully saturated rings. The molecule has 0 aliphatic rings. The van der Waals surface area contributed by atoms with Crippen molar-refractivity contribution in [3.05, 3.63) is 48.2 Å². The normalized spacial score (nSPS) is 11.5. The summed E-state index contributed by atoms with van der Waals surface area (Å²) in [6.07, 6.45) is -1.12. The van der Waals surface area contributed by atoms with Crippen LogP contribution in [0.4, 0.5) is 5.69 Å². The summed E-state index contributed by atoms with van der Waals surface area (Å²) in [7, 11) is 3.00. The number of H-pyrrole nitrogens is 1. The van der Waals surface area contributed by atoms with E-state index in [4.69, 9.17) is 14.2 Å². The number of benzene rings is 2. The number of hydrogen-bond acceptors (Lipinski definition) is 7. The van der Waals surface area contributed by atoms with Crippen LogP contribution in [-0.4, -0.2) is 54.8 Å². The predicted octanol–water partition coefficient (Wildman–Crippen LogP) is 2.27. The van der Waals surface area contributed by atoms with E-state index in [9.17, 15) is 14.4 Å². The van der Waals surface area contributed by atoms with Crippen LogP contribution in [0.5, 0.6) is 11.5 Å². The van der Waals surface area contributed by atoms with Gasteiger partial charge in [0.1, 0.15) is 0 Å². The van der Waals surface area contributed by atoms with Crippen molar-refractivity contribution in [1.82, 2.24) is 15.5 Å². The molecule has 0 spiro atoms. The minimum absolute atomic E-state index is 0.0445. The van der Waals surface area contributed by atoms with Gasteiger partial charge in [0.15, 0.2) is 23.3 Å². The van der Waals surface area contributed by atoms with E-state index in [1.54, 1.807) is 30.3 Å². The van der Waals surface area contributed by atoms with Crippen LogP contribution in [0.2, 0.25) is 0 Å². The molecule has 10 heteroatoms. The maximum atomic E-state index is 12.3. The van der Waals surface area contributed by atoms with E-state index < -0.39 is 23.9 Å². The summed E-state index contributed by atoms with van der Waals surface area (Å²) in [5.41, 5.74) is 1.46. The number of aromatic nitrogens is 2. The average molecular weight is 440 g/mol. The molecule has 3 rings (SSSR count). The number of carbonyl (C=O) groups excluding carboxylic acids is 3. The lowest BCUT2D eigenvalue weighted by atomic mass is 10.2. The van der Waals surface area contributed by atoms with Crippen molar-refractivity contribution in [1.29, 1.82) is 0 Å². The molecule has 0 aliphatic carbocycles. The lowest BCUT2D eigenvalue weighted by molar-refractivity contribution is -0.153. The molecule has 3 aromatic rings. The first-order valence-corrected chi connectivity index (χ1v) is 9.86. The van der Waals surface area contributed by atoms with Crippen molar-refractivity contribution < 1.29 is 28.6 Å². The van der Waals surface area contributed by atoms with Gasteiger partial charge in [0.25, 0.3) is 11.8 Å². The van der Waals surface area contributed by atoms with Gasteiger partial charge in [-0.15, -0.1) is 0 Å². The first kappa shape index (κ1) is 22.6. The SMILES string of the molecule is COc1ccc(NC(=O)C(C)OC(=O)CCNC(=O)c2n[nH]c3ccccc23)cc1OC. The van der Waals surface area contributed by atoms with Gasteiger partial charge in [0.2, 0.25) is 0 Å². The second-order valence-electron chi connectivity index (χ2n) is 6.81. The number of fused-ring (bicyclic) bond motifs is 1. The smallest absolute Gasteiger partial charge is 0.308 e. The third-order valence-electron chi connectivity index (χ3n) is 4.63. The van der Waals surface area contributed by atoms with Crippen molar-refractivity contribution >= 4 is 34.4 Å². The van der Waals surface area contributed by atoms with E-state index >= 15 is 0 Å². The Kier molecular flexibility index (Phi) is 7.27. The number of para-hydroxylation sites is 1. The average Bonchev–Trinajstić information content (AvgIpc) is 3.23. The fourth-order valence-corrected chi connectivity index (χ4v) is 2.97. The summed E-state index contributed by atoms with van der Waals surface area (Å²) in [6.45, 7) is 1.51. The third-order valence-corrected chi connectivity index (χ3v) is 4.63. The number of nitrogens with one attached hydrogen (secondary N) is 3. The summed E-state index contributed by atoms with van der Waals surface area (Å²) in [5.74, 6) is -0.551. The van der Waals surface area contributed by atoms with Crippen LogP contribution >= 0.6 is 0 Å². The number of amides is 2. The largest absolute Gasteiger partial charge is 0.493 e. The molecule has 10 nitrogen and oxygen atoms in total. The zero-order valence-corrected chi connectivity index (χ0v) is 17.9. The molecule has 1 heterocycles. The summed E-state index contributed by atoms with van der Waals surface area (Å²) in [6, 6.07) is 12.1. The van der Waals surface area contributed by atoms with Gasteiger partial charge in [-0.2, -0.15) is 5.10 Å². The number of carbonyl (C=O) groups is 3. The maximum Gasteiger partial charge on any atom is 0.308 e. The van der Waals surface area contributed by atoms with Gasteiger partial charge in [-0.3, -0.25) is 19.5 Å². The number of anilines is 1. The summed E-state index contributed by atoms with van der Waals surface area (Å²) in [4.78, 5) is 36.7. The van der Waals surface area contributed by atoms with Crippen molar-refractivity contribution in [2.24, 2.45) is 0 Å². The Labute approximate surface area is 184 Å². The van der Waals surface area contributed by atoms with Gasteiger partial charge >= 0.3 is 5.97 Å². The van der Waals surface area contributed by atoms with Crippen LogP contribution in [0.25, 0.3) is 10.9 Å². The second-order valence-corrected chi connectivity index (χ2v) is 6.81. The Bertz CT molecular complexity index is 1130. The molecule has 2 amide bonds. The van der Waals surface area contributed by atoms with Gasteiger partial charge in [-0.25, -0.2) is 0 Å². The van der Waals surface area contributed by atoms with Crippen LogP contribution in [-0.2, 0) is 14.3 Å². The Morgan fingerprint density at radius 2 is 1.81 bits per heavy atom. The predicted molar refractivity (Wildman–Crippen MR) is 117 cm³/mol. The highest BCUT2D eigenvalue weighted by atomic mass is 16.5. The van der Waals surface area contributed by atoms with Crippen LogP contribution in [0, 0.1) is 0 Å². The fourth-order valence-electron chi connectivity index (χ4n) is 2.97. The maximum absolute atomic E-state index is 12.3. The van der Waals surface area contributed by atoms with E-state index in [0.717, 1.165) is 5.52 Å². The molecule has 3 N–H and O–H groups in total. The molecule has 1 aromatic heterocycles. The molecule has 168 valence electrons. The fraction of sp³-hybridized carbons (Fsp3) is 0.273. The number of aromatic amines is 1. The van der Waals surface area contributed by atoms with E-state index in [0.29, 0.717) is 22.6 Å². The topological polar surface area (TPSA) is 132 Å². The molecule has 0 aliphatic heterocycles. The van der Waals surface area contributed by atoms with E-state index in [1.807, 2.05) is 12.1 Å². The highest BCUT2D eigenvalue weighted by Gasteiger charge is 2.19. The number of rotatable bonds is 9. The Hall–Kier alpha value is -4.08. The van der Waals surface area contributed by atoms with Crippen LogP contribution in [0.1, 0.15) is 23.8 Å². The first-order valence-electron chi connectivity index (χ1n) is 9.86. The van der Waals surface area contributed by atoms with E-state index in [2.05, 4.69) is 20.8 Å². The molecule has 0 radical (unpaired) electrons. The standard InChI is InChI=1S/C22H24N4O6/c1-13(21(28)24-14-8-9-17(30-2)18(12-14)31-3)32-19(27)10-11-23-22(29)20-15-6-4-5-7-16(15)25-26-20/h4-9,12-13H,10-11H2,1-3H3,(H,23,29)(H,24,28)(H,25,26). The first-order chi connectivity index (χ1) is 15.4. The van der Waals surface area contributed by atoms with Crippen molar-refractivity contribution in [3.8, 4) is 11.5 Å². The monoisotopic (exact) mass is 440 g/mol. The second kappa shape index (κ2) is 10.3. The lowest BCUT2D eigenvalue weighted by Gasteiger charge is -2.15. The lowest BCUT2D eigenvalue weighted by Crippen LogP contribution is -2.32. The number of ether oxygens (including phenoxy) is 3. The Morgan fingerprint density at radius 1 is 1.06 bits per heavy atom. The zero-order chi connectivity index (χ0) is 23.1. The van der Waals surface area contributed by atoms with Crippen molar-refractivity contribution in [2.75, 3.05) is 26.1 Å². The van der Waals surface area contributed by atoms with Crippen LogP contribution in [0.3, 0.4) is 0 Å². The molecular weight excluding hydrogens is 416 g/mol. The number of hydrogen-bond donors (Lipinski definition) is 3.